The molecular weight excluding hydrogens is 337 g/mol. The molecule has 0 aromatic carbocycles. The van der Waals surface area contributed by atoms with Crippen molar-refractivity contribution in [3.63, 3.8) is 0 Å². The Kier molecular flexibility index (Phi) is 21.0. The van der Waals surface area contributed by atoms with Crippen LogP contribution < -0.4 is 5.73 Å². The predicted molar refractivity (Wildman–Crippen MR) is 93.7 cm³/mol. The Labute approximate surface area is 145 Å². The molecule has 24 heavy (non-hydrogen) atoms. The molecule has 0 amide bonds. The largest absolute Gasteiger partial charge is 0.469 e. The van der Waals surface area contributed by atoms with Gasteiger partial charge >= 0.3 is 7.82 Å². The summed E-state index contributed by atoms with van der Waals surface area (Å²) in [5.41, 5.74) is 4.78. The standard InChI is InChI=1S/C13H29O6P.C2H7NO/c1-3-5-7-9-17-11-13(12-19-20(14,15)16)18-10-8-6-4-2;3-1-2-4/h13H,3-12H2,1-2H3,(H2,14,15,16);4H,1-3H2. The van der Waals surface area contributed by atoms with E-state index in [9.17, 15) is 4.57 Å². The summed E-state index contributed by atoms with van der Waals surface area (Å²) in [4.78, 5) is 17.4. The van der Waals surface area contributed by atoms with Crippen molar-refractivity contribution in [2.45, 2.75) is 58.5 Å². The van der Waals surface area contributed by atoms with Crippen LogP contribution in [0.3, 0.4) is 0 Å². The molecule has 0 rings (SSSR count). The Hall–Kier alpha value is -0.0500. The van der Waals surface area contributed by atoms with Crippen molar-refractivity contribution in [1.82, 2.24) is 0 Å². The monoisotopic (exact) mass is 373 g/mol. The lowest BCUT2D eigenvalue weighted by Gasteiger charge is -2.18. The van der Waals surface area contributed by atoms with Crippen LogP contribution in [0.2, 0.25) is 0 Å². The molecule has 8 nitrogen and oxygen atoms in total. The Morgan fingerprint density at radius 3 is 2.00 bits per heavy atom. The topological polar surface area (TPSA) is 131 Å². The predicted octanol–water partition coefficient (Wildman–Crippen LogP) is 1.82. The number of phosphoric ester groups is 1. The lowest BCUT2D eigenvalue weighted by atomic mass is 10.2. The molecule has 1 unspecified atom stereocenters. The Morgan fingerprint density at radius 2 is 1.54 bits per heavy atom. The molecule has 148 valence electrons. The summed E-state index contributed by atoms with van der Waals surface area (Å²) in [6.07, 6.45) is 5.89. The summed E-state index contributed by atoms with van der Waals surface area (Å²) in [5.74, 6) is 0. The van der Waals surface area contributed by atoms with E-state index in [-0.39, 0.29) is 13.2 Å². The number of ether oxygens (including phenoxy) is 2. The van der Waals surface area contributed by atoms with Gasteiger partial charge < -0.3 is 30.1 Å². The molecule has 0 aromatic rings. The number of unbranched alkanes of at least 4 members (excludes halogenated alkanes) is 4. The summed E-state index contributed by atoms with van der Waals surface area (Å²) in [6, 6.07) is 0. The highest BCUT2D eigenvalue weighted by atomic mass is 31.2. The van der Waals surface area contributed by atoms with Crippen LogP contribution >= 0.6 is 7.82 Å². The van der Waals surface area contributed by atoms with Crippen LogP contribution in [0.25, 0.3) is 0 Å². The first-order chi connectivity index (χ1) is 11.4. The molecule has 0 saturated carbocycles. The maximum Gasteiger partial charge on any atom is 0.469 e. The molecule has 0 aliphatic carbocycles. The number of nitrogens with two attached hydrogens (primary N) is 1. The maximum absolute atomic E-state index is 10.7. The van der Waals surface area contributed by atoms with Crippen molar-refractivity contribution >= 4 is 7.82 Å². The van der Waals surface area contributed by atoms with Crippen LogP contribution in [-0.2, 0) is 18.6 Å². The number of aliphatic hydroxyl groups is 1. The third kappa shape index (κ3) is 24.2. The Balaban J connectivity index is 0. The van der Waals surface area contributed by atoms with Gasteiger partial charge in [0.05, 0.1) is 19.8 Å². The van der Waals surface area contributed by atoms with Crippen molar-refractivity contribution in [2.75, 3.05) is 39.6 Å². The normalized spacial score (nSPS) is 12.6. The fourth-order valence-electron chi connectivity index (χ4n) is 1.60. The Bertz CT molecular complexity index is 287. The number of rotatable bonds is 15. The highest BCUT2D eigenvalue weighted by Gasteiger charge is 2.18. The smallest absolute Gasteiger partial charge is 0.395 e. The van der Waals surface area contributed by atoms with E-state index < -0.39 is 13.9 Å². The van der Waals surface area contributed by atoms with Crippen LogP contribution in [0.5, 0.6) is 0 Å². The Morgan fingerprint density at radius 1 is 1.00 bits per heavy atom. The van der Waals surface area contributed by atoms with E-state index in [1.54, 1.807) is 0 Å². The van der Waals surface area contributed by atoms with Gasteiger partial charge in [-0.15, -0.1) is 0 Å². The lowest BCUT2D eigenvalue weighted by Crippen LogP contribution is -2.26. The fraction of sp³-hybridized carbons (Fsp3) is 1.00. The van der Waals surface area contributed by atoms with Crippen LogP contribution in [0.4, 0.5) is 0 Å². The fourth-order valence-corrected chi connectivity index (χ4v) is 1.96. The van der Waals surface area contributed by atoms with E-state index in [0.717, 1.165) is 38.5 Å². The van der Waals surface area contributed by atoms with Gasteiger partial charge in [-0.25, -0.2) is 4.57 Å². The zero-order valence-electron chi connectivity index (χ0n) is 15.1. The zero-order chi connectivity index (χ0) is 18.7. The molecule has 0 bridgehead atoms. The van der Waals surface area contributed by atoms with Crippen LogP contribution in [-0.4, -0.2) is 60.6 Å². The second-order valence-electron chi connectivity index (χ2n) is 5.28. The molecule has 5 N–H and O–H groups in total. The zero-order valence-corrected chi connectivity index (χ0v) is 16.0. The molecule has 0 spiro atoms. The first-order valence-electron chi connectivity index (χ1n) is 8.61. The van der Waals surface area contributed by atoms with Gasteiger partial charge in [-0.3, -0.25) is 4.52 Å². The van der Waals surface area contributed by atoms with Gasteiger partial charge in [-0.2, -0.15) is 0 Å². The molecule has 0 heterocycles. The summed E-state index contributed by atoms with van der Waals surface area (Å²) < 4.78 is 26.2. The molecule has 0 saturated heterocycles. The third-order valence-electron chi connectivity index (χ3n) is 2.86. The van der Waals surface area contributed by atoms with Crippen molar-refractivity contribution < 1.29 is 33.5 Å². The summed E-state index contributed by atoms with van der Waals surface area (Å²) in [7, 11) is -4.45. The molecule has 0 aromatic heterocycles. The molecular formula is C15H36NO7P. The summed E-state index contributed by atoms with van der Waals surface area (Å²) in [6.45, 7) is 6.04. The van der Waals surface area contributed by atoms with Gasteiger partial charge in [-0.05, 0) is 12.8 Å². The van der Waals surface area contributed by atoms with Crippen molar-refractivity contribution in [3.8, 4) is 0 Å². The molecule has 0 fully saturated rings. The van der Waals surface area contributed by atoms with Crippen molar-refractivity contribution in [1.29, 1.82) is 0 Å². The molecule has 0 radical (unpaired) electrons. The molecule has 9 heteroatoms. The summed E-state index contributed by atoms with van der Waals surface area (Å²) >= 11 is 0. The van der Waals surface area contributed by atoms with E-state index in [1.165, 1.54) is 0 Å². The number of aliphatic hydroxyl groups excluding tert-OH is 1. The second-order valence-corrected chi connectivity index (χ2v) is 6.52. The minimum absolute atomic E-state index is 0.0972. The minimum atomic E-state index is -4.45. The van der Waals surface area contributed by atoms with Crippen molar-refractivity contribution in [3.05, 3.63) is 0 Å². The molecule has 0 aliphatic rings. The SMILES string of the molecule is CCCCCOCC(COP(=O)(O)O)OCCCCC.NCCO. The van der Waals surface area contributed by atoms with E-state index in [1.807, 2.05) is 0 Å². The van der Waals surface area contributed by atoms with Gasteiger partial charge in [0.15, 0.2) is 0 Å². The average Bonchev–Trinajstić information content (AvgIpc) is 2.55. The van der Waals surface area contributed by atoms with Gasteiger partial charge in [0.2, 0.25) is 0 Å². The van der Waals surface area contributed by atoms with Gasteiger partial charge in [0.1, 0.15) is 6.10 Å². The number of hydrogen-bond donors (Lipinski definition) is 4. The van der Waals surface area contributed by atoms with E-state index >= 15 is 0 Å². The first-order valence-corrected chi connectivity index (χ1v) is 10.1. The quantitative estimate of drug-likeness (QED) is 0.252. The van der Waals surface area contributed by atoms with Crippen LogP contribution in [0.1, 0.15) is 52.4 Å². The molecule has 1 atom stereocenters. The van der Waals surface area contributed by atoms with Crippen LogP contribution in [0.15, 0.2) is 0 Å². The highest BCUT2D eigenvalue weighted by molar-refractivity contribution is 7.46. The third-order valence-corrected chi connectivity index (χ3v) is 3.34. The van der Waals surface area contributed by atoms with E-state index in [2.05, 4.69) is 18.4 Å². The van der Waals surface area contributed by atoms with Gasteiger partial charge in [0, 0.05) is 19.8 Å². The summed E-state index contributed by atoms with van der Waals surface area (Å²) in [5, 5.41) is 7.75. The number of hydrogen-bond acceptors (Lipinski definition) is 6. The van der Waals surface area contributed by atoms with Gasteiger partial charge in [-0.1, -0.05) is 39.5 Å². The van der Waals surface area contributed by atoms with E-state index in [0.29, 0.717) is 26.4 Å². The number of phosphoric acid groups is 1. The van der Waals surface area contributed by atoms with Crippen molar-refractivity contribution in [2.24, 2.45) is 5.73 Å². The first kappa shape index (κ1) is 26.2. The minimum Gasteiger partial charge on any atom is -0.395 e. The van der Waals surface area contributed by atoms with Gasteiger partial charge in [0.25, 0.3) is 0 Å². The van der Waals surface area contributed by atoms with Crippen LogP contribution in [0, 0.1) is 0 Å². The highest BCUT2D eigenvalue weighted by Crippen LogP contribution is 2.35. The molecule has 0 aliphatic heterocycles. The van der Waals surface area contributed by atoms with E-state index in [4.69, 9.17) is 30.1 Å². The maximum atomic E-state index is 10.7. The lowest BCUT2D eigenvalue weighted by molar-refractivity contribution is -0.0428. The average molecular weight is 373 g/mol. The second kappa shape index (κ2) is 19.3.